The number of imidazole rings is 1. The van der Waals surface area contributed by atoms with Gasteiger partial charge < -0.3 is 9.67 Å². The summed E-state index contributed by atoms with van der Waals surface area (Å²) in [5, 5.41) is 9.70. The van der Waals surface area contributed by atoms with Crippen LogP contribution in [-0.2, 0) is 10.3 Å². The number of carboxylic acid groups (broad SMARTS) is 1. The lowest BCUT2D eigenvalue weighted by molar-refractivity contribution is -0.133. The molecule has 0 radical (unpaired) electrons. The molecule has 0 saturated heterocycles. The topological polar surface area (TPSA) is 68.0 Å². The van der Waals surface area contributed by atoms with E-state index < -0.39 is 5.97 Å². The van der Waals surface area contributed by atoms with E-state index in [4.69, 9.17) is 5.11 Å². The normalized spacial score (nSPS) is 17.1. The number of thioether (sulfide) groups is 1. The Kier molecular flexibility index (Phi) is 3.41. The van der Waals surface area contributed by atoms with Gasteiger partial charge in [0.2, 0.25) is 0 Å². The summed E-state index contributed by atoms with van der Waals surface area (Å²) in [5.41, 5.74) is 2.02. The highest BCUT2D eigenvalue weighted by Gasteiger charge is 2.39. The Balaban J connectivity index is 2.10. The quantitative estimate of drug-likeness (QED) is 0.858. The van der Waals surface area contributed by atoms with Gasteiger partial charge in [0.05, 0.1) is 17.5 Å². The van der Waals surface area contributed by atoms with Crippen molar-refractivity contribution in [2.75, 3.05) is 5.75 Å². The molecule has 1 aliphatic rings. The minimum absolute atomic E-state index is 0.0382. The number of pyridine rings is 1. The predicted octanol–water partition coefficient (Wildman–Crippen LogP) is 2.90. The average molecular weight is 291 g/mol. The molecule has 106 valence electrons. The molecule has 0 bridgehead atoms. The molecular formula is C14H17N3O2S. The van der Waals surface area contributed by atoms with Gasteiger partial charge in [0.1, 0.15) is 5.52 Å². The van der Waals surface area contributed by atoms with E-state index in [1.807, 2.05) is 6.07 Å². The number of carbonyl (C=O) groups is 1. The lowest BCUT2D eigenvalue weighted by Gasteiger charge is -2.43. The van der Waals surface area contributed by atoms with Gasteiger partial charge in [-0.15, -0.1) is 0 Å². The van der Waals surface area contributed by atoms with E-state index in [-0.39, 0.29) is 11.3 Å². The highest BCUT2D eigenvalue weighted by Crippen LogP contribution is 2.46. The molecule has 2 heterocycles. The maximum Gasteiger partial charge on any atom is 0.313 e. The van der Waals surface area contributed by atoms with Crippen LogP contribution in [0.3, 0.4) is 0 Å². The van der Waals surface area contributed by atoms with E-state index in [1.54, 1.807) is 12.4 Å². The average Bonchev–Trinajstić information content (AvgIpc) is 2.75. The molecule has 0 unspecified atom stereocenters. The third-order valence-electron chi connectivity index (χ3n) is 4.17. The zero-order valence-electron chi connectivity index (χ0n) is 11.4. The second-order valence-electron chi connectivity index (χ2n) is 5.21. The van der Waals surface area contributed by atoms with Crippen LogP contribution in [0.4, 0.5) is 0 Å². The fourth-order valence-corrected chi connectivity index (χ4v) is 3.75. The summed E-state index contributed by atoms with van der Waals surface area (Å²) in [5.74, 6) is -0.776. The fraction of sp³-hybridized carbons (Fsp3) is 0.500. The van der Waals surface area contributed by atoms with Gasteiger partial charge in [-0.3, -0.25) is 9.78 Å². The maximum absolute atomic E-state index is 10.8. The van der Waals surface area contributed by atoms with Crippen molar-refractivity contribution >= 4 is 28.8 Å². The minimum atomic E-state index is -0.814. The summed E-state index contributed by atoms with van der Waals surface area (Å²) < 4.78 is 2.25. The molecule has 1 N–H and O–H groups in total. The van der Waals surface area contributed by atoms with Crippen LogP contribution in [0.15, 0.2) is 23.6 Å². The van der Waals surface area contributed by atoms with Crippen LogP contribution in [0.5, 0.6) is 0 Å². The van der Waals surface area contributed by atoms with Crippen molar-refractivity contribution in [3.05, 3.63) is 18.5 Å². The van der Waals surface area contributed by atoms with Crippen LogP contribution in [0, 0.1) is 0 Å². The van der Waals surface area contributed by atoms with E-state index in [9.17, 15) is 4.79 Å². The van der Waals surface area contributed by atoms with Crippen LogP contribution >= 0.6 is 11.8 Å². The van der Waals surface area contributed by atoms with Gasteiger partial charge in [0.15, 0.2) is 5.16 Å². The third kappa shape index (κ3) is 2.08. The summed E-state index contributed by atoms with van der Waals surface area (Å²) in [6.45, 7) is 2.19. The van der Waals surface area contributed by atoms with Crippen molar-refractivity contribution in [1.82, 2.24) is 14.5 Å². The van der Waals surface area contributed by atoms with Gasteiger partial charge in [0.25, 0.3) is 0 Å². The molecule has 2 aromatic rings. The number of fused-ring (bicyclic) bond motifs is 1. The smallest absolute Gasteiger partial charge is 0.313 e. The highest BCUT2D eigenvalue weighted by atomic mass is 32.2. The Hall–Kier alpha value is -1.56. The number of rotatable bonds is 5. The monoisotopic (exact) mass is 291 g/mol. The molecule has 0 spiro atoms. The molecule has 0 aliphatic heterocycles. The van der Waals surface area contributed by atoms with Crippen molar-refractivity contribution in [3.63, 3.8) is 0 Å². The zero-order valence-corrected chi connectivity index (χ0v) is 12.2. The summed E-state index contributed by atoms with van der Waals surface area (Å²) in [4.78, 5) is 19.5. The summed E-state index contributed by atoms with van der Waals surface area (Å²) in [6, 6.07) is 1.98. The van der Waals surface area contributed by atoms with Crippen LogP contribution in [-0.4, -0.2) is 31.4 Å². The van der Waals surface area contributed by atoms with Crippen molar-refractivity contribution < 1.29 is 9.90 Å². The zero-order chi connectivity index (χ0) is 14.2. The molecule has 20 heavy (non-hydrogen) atoms. The maximum atomic E-state index is 10.8. The number of aliphatic carboxylic acids is 1. The van der Waals surface area contributed by atoms with Gasteiger partial charge in [-0.25, -0.2) is 4.98 Å². The lowest BCUT2D eigenvalue weighted by Crippen LogP contribution is -2.40. The lowest BCUT2D eigenvalue weighted by atomic mass is 9.74. The molecule has 0 aromatic carbocycles. The Labute approximate surface area is 121 Å². The second kappa shape index (κ2) is 5.09. The summed E-state index contributed by atoms with van der Waals surface area (Å²) >= 11 is 1.30. The number of aromatic nitrogens is 3. The summed E-state index contributed by atoms with van der Waals surface area (Å²) in [7, 11) is 0. The molecule has 2 aromatic heterocycles. The van der Waals surface area contributed by atoms with Gasteiger partial charge >= 0.3 is 5.97 Å². The molecule has 6 heteroatoms. The molecule has 5 nitrogen and oxygen atoms in total. The van der Waals surface area contributed by atoms with Gasteiger partial charge in [-0.05, 0) is 31.7 Å². The Bertz CT molecular complexity index is 643. The standard InChI is InChI=1S/C14H17N3O2S/c1-2-14(5-3-6-14)17-11-4-7-15-8-10(11)16-13(17)20-9-12(18)19/h4,7-8H,2-3,5-6,9H2,1H3,(H,18,19). The van der Waals surface area contributed by atoms with Crippen LogP contribution in [0.2, 0.25) is 0 Å². The largest absolute Gasteiger partial charge is 0.481 e. The molecule has 3 rings (SSSR count). The molecule has 1 fully saturated rings. The predicted molar refractivity (Wildman–Crippen MR) is 78.0 cm³/mol. The second-order valence-corrected chi connectivity index (χ2v) is 6.15. The first-order valence-electron chi connectivity index (χ1n) is 6.84. The van der Waals surface area contributed by atoms with E-state index in [2.05, 4.69) is 21.5 Å². The molecule has 1 aliphatic carbocycles. The van der Waals surface area contributed by atoms with Gasteiger partial charge in [0, 0.05) is 11.7 Å². The number of hydrogen-bond donors (Lipinski definition) is 1. The fourth-order valence-electron chi connectivity index (χ4n) is 2.91. The highest BCUT2D eigenvalue weighted by molar-refractivity contribution is 7.99. The van der Waals surface area contributed by atoms with Gasteiger partial charge in [-0.1, -0.05) is 18.7 Å². The Morgan fingerprint density at radius 3 is 2.95 bits per heavy atom. The molecule has 1 saturated carbocycles. The van der Waals surface area contributed by atoms with Crippen LogP contribution < -0.4 is 0 Å². The first kappa shape index (κ1) is 13.4. The van der Waals surface area contributed by atoms with E-state index in [0.717, 1.165) is 35.5 Å². The Morgan fingerprint density at radius 1 is 1.55 bits per heavy atom. The van der Waals surface area contributed by atoms with E-state index >= 15 is 0 Å². The number of hydrogen-bond acceptors (Lipinski definition) is 4. The van der Waals surface area contributed by atoms with Crippen LogP contribution in [0.1, 0.15) is 32.6 Å². The minimum Gasteiger partial charge on any atom is -0.481 e. The summed E-state index contributed by atoms with van der Waals surface area (Å²) in [6.07, 6.45) is 8.06. The first-order valence-corrected chi connectivity index (χ1v) is 7.82. The molecule has 0 amide bonds. The first-order chi connectivity index (χ1) is 9.66. The van der Waals surface area contributed by atoms with E-state index in [1.165, 1.54) is 18.2 Å². The van der Waals surface area contributed by atoms with Crippen molar-refractivity contribution in [1.29, 1.82) is 0 Å². The van der Waals surface area contributed by atoms with Crippen molar-refractivity contribution in [2.45, 2.75) is 43.3 Å². The van der Waals surface area contributed by atoms with Crippen LogP contribution in [0.25, 0.3) is 11.0 Å². The Morgan fingerprint density at radius 2 is 2.35 bits per heavy atom. The number of nitrogens with zero attached hydrogens (tertiary/aromatic N) is 3. The van der Waals surface area contributed by atoms with E-state index in [0.29, 0.717) is 0 Å². The van der Waals surface area contributed by atoms with Crippen molar-refractivity contribution in [3.8, 4) is 0 Å². The van der Waals surface area contributed by atoms with Crippen molar-refractivity contribution in [2.24, 2.45) is 0 Å². The number of carboxylic acids is 1. The molecule has 0 atom stereocenters. The van der Waals surface area contributed by atoms with Gasteiger partial charge in [-0.2, -0.15) is 0 Å². The molecular weight excluding hydrogens is 274 g/mol. The third-order valence-corrected chi connectivity index (χ3v) is 5.09. The SMILES string of the molecule is CCC1(n2c(SCC(=O)O)nc3cnccc32)CCC1.